The van der Waals surface area contributed by atoms with Gasteiger partial charge >= 0.3 is 0 Å². The van der Waals surface area contributed by atoms with Gasteiger partial charge in [0.25, 0.3) is 0 Å². The summed E-state index contributed by atoms with van der Waals surface area (Å²) in [4.78, 5) is 9.02. The molecule has 0 aromatic carbocycles. The molecule has 0 radical (unpaired) electrons. The topological polar surface area (TPSA) is 85.8 Å². The summed E-state index contributed by atoms with van der Waals surface area (Å²) in [5.41, 5.74) is 0.800. The predicted octanol–water partition coefficient (Wildman–Crippen LogP) is 2.65. The highest BCUT2D eigenvalue weighted by Crippen LogP contribution is 2.35. The van der Waals surface area contributed by atoms with E-state index in [4.69, 9.17) is 0 Å². The summed E-state index contributed by atoms with van der Waals surface area (Å²) >= 11 is 3.57. The van der Waals surface area contributed by atoms with Crippen LogP contribution in [0.25, 0.3) is 0 Å². The van der Waals surface area contributed by atoms with Crippen LogP contribution in [0.3, 0.4) is 0 Å². The SMILES string of the molecule is Cc1c(S(=O)(=O)NC2CCC(C)(N(C)C)CC2)cnc(N2CCC(O)CC2)c1Br. The second-order valence-corrected chi connectivity index (χ2v) is 11.4. The second-order valence-electron chi connectivity index (χ2n) is 8.89. The Bertz CT molecular complexity index is 830. The molecule has 0 bridgehead atoms. The first-order chi connectivity index (χ1) is 13.5. The molecule has 0 atom stereocenters. The number of aliphatic hydroxyl groups is 1. The average molecular weight is 489 g/mol. The number of anilines is 1. The minimum atomic E-state index is -3.64. The van der Waals surface area contributed by atoms with Crippen LogP contribution in [0.1, 0.15) is 51.0 Å². The maximum absolute atomic E-state index is 13.1. The molecule has 2 aliphatic rings. The van der Waals surface area contributed by atoms with Gasteiger partial charge in [0.1, 0.15) is 10.7 Å². The molecule has 7 nitrogen and oxygen atoms in total. The highest BCUT2D eigenvalue weighted by molar-refractivity contribution is 9.10. The molecule has 2 heterocycles. The van der Waals surface area contributed by atoms with Gasteiger partial charge in [-0.05, 0) is 88.0 Å². The summed E-state index contributed by atoms with van der Waals surface area (Å²) in [5, 5.41) is 9.72. The number of halogens is 1. The number of piperidine rings is 1. The second kappa shape index (κ2) is 8.78. The molecule has 1 aromatic rings. The third-order valence-corrected chi connectivity index (χ3v) is 9.30. The van der Waals surface area contributed by atoms with Crippen molar-refractivity contribution in [3.05, 3.63) is 16.2 Å². The van der Waals surface area contributed by atoms with Crippen molar-refractivity contribution in [1.29, 1.82) is 0 Å². The highest BCUT2D eigenvalue weighted by atomic mass is 79.9. The largest absolute Gasteiger partial charge is 0.393 e. The van der Waals surface area contributed by atoms with Crippen LogP contribution < -0.4 is 9.62 Å². The van der Waals surface area contributed by atoms with E-state index in [1.54, 1.807) is 0 Å². The lowest BCUT2D eigenvalue weighted by atomic mass is 9.80. The van der Waals surface area contributed by atoms with Crippen molar-refractivity contribution in [2.75, 3.05) is 32.1 Å². The van der Waals surface area contributed by atoms with Crippen molar-refractivity contribution in [2.45, 2.75) is 75.0 Å². The number of hydrogen-bond donors (Lipinski definition) is 2. The summed E-state index contributed by atoms with van der Waals surface area (Å²) in [6, 6.07) is -0.0468. The molecule has 0 spiro atoms. The van der Waals surface area contributed by atoms with Crippen LogP contribution in [0.2, 0.25) is 0 Å². The molecule has 1 saturated carbocycles. The first-order valence-corrected chi connectivity index (χ1v) is 12.6. The van der Waals surface area contributed by atoms with E-state index < -0.39 is 10.0 Å². The molecule has 29 heavy (non-hydrogen) atoms. The van der Waals surface area contributed by atoms with Crippen LogP contribution >= 0.6 is 15.9 Å². The van der Waals surface area contributed by atoms with Crippen LogP contribution in [0, 0.1) is 6.92 Å². The third-order valence-electron chi connectivity index (χ3n) is 6.72. The normalized spacial score (nSPS) is 26.9. The molecular formula is C20H33BrN4O3S. The van der Waals surface area contributed by atoms with Gasteiger partial charge in [0, 0.05) is 30.9 Å². The van der Waals surface area contributed by atoms with E-state index in [0.717, 1.165) is 31.5 Å². The van der Waals surface area contributed by atoms with Gasteiger partial charge in [0.05, 0.1) is 10.6 Å². The van der Waals surface area contributed by atoms with Gasteiger partial charge in [-0.25, -0.2) is 18.1 Å². The predicted molar refractivity (Wildman–Crippen MR) is 119 cm³/mol. The van der Waals surface area contributed by atoms with E-state index in [2.05, 4.69) is 56.5 Å². The van der Waals surface area contributed by atoms with E-state index in [1.807, 2.05) is 6.92 Å². The van der Waals surface area contributed by atoms with Crippen molar-refractivity contribution >= 4 is 31.8 Å². The number of nitrogens with zero attached hydrogens (tertiary/aromatic N) is 3. The van der Waals surface area contributed by atoms with E-state index in [-0.39, 0.29) is 22.6 Å². The molecule has 1 saturated heterocycles. The Morgan fingerprint density at radius 2 is 1.83 bits per heavy atom. The van der Waals surface area contributed by atoms with Gasteiger partial charge < -0.3 is 14.9 Å². The minimum Gasteiger partial charge on any atom is -0.393 e. The van der Waals surface area contributed by atoms with E-state index in [9.17, 15) is 13.5 Å². The number of aromatic nitrogens is 1. The highest BCUT2D eigenvalue weighted by Gasteiger charge is 2.35. The molecule has 0 amide bonds. The monoisotopic (exact) mass is 488 g/mol. The standard InChI is InChI=1S/C20H33BrN4O3S/c1-14-17(13-22-19(18(14)21)25-11-7-16(26)8-12-25)29(27,28)23-15-5-9-20(2,10-6-15)24(3)4/h13,15-16,23,26H,5-12H2,1-4H3. The van der Waals surface area contributed by atoms with Crippen molar-refractivity contribution in [1.82, 2.24) is 14.6 Å². The Morgan fingerprint density at radius 1 is 1.24 bits per heavy atom. The lowest BCUT2D eigenvalue weighted by molar-refractivity contribution is 0.110. The van der Waals surface area contributed by atoms with Gasteiger partial charge in [-0.3, -0.25) is 0 Å². The fourth-order valence-electron chi connectivity index (χ4n) is 4.21. The average Bonchev–Trinajstić information content (AvgIpc) is 2.66. The van der Waals surface area contributed by atoms with Crippen LogP contribution in [0.15, 0.2) is 15.6 Å². The maximum Gasteiger partial charge on any atom is 0.242 e. The van der Waals surface area contributed by atoms with Crippen LogP contribution in [0.4, 0.5) is 5.82 Å². The Labute approximate surface area is 183 Å². The summed E-state index contributed by atoms with van der Waals surface area (Å²) in [7, 11) is 0.528. The first-order valence-electron chi connectivity index (χ1n) is 10.3. The van der Waals surface area contributed by atoms with Crippen LogP contribution in [-0.2, 0) is 10.0 Å². The number of nitrogens with one attached hydrogen (secondary N) is 1. The van der Waals surface area contributed by atoms with Crippen LogP contribution in [0.5, 0.6) is 0 Å². The number of pyridine rings is 1. The first kappa shape index (κ1) is 22.9. The Morgan fingerprint density at radius 3 is 2.38 bits per heavy atom. The Balaban J connectivity index is 1.73. The molecule has 1 aliphatic carbocycles. The number of aliphatic hydroxyl groups excluding tert-OH is 1. The molecule has 1 aliphatic heterocycles. The van der Waals surface area contributed by atoms with Crippen molar-refractivity contribution in [2.24, 2.45) is 0 Å². The number of sulfonamides is 1. The molecule has 2 N–H and O–H groups in total. The number of rotatable bonds is 5. The zero-order valence-corrected chi connectivity index (χ0v) is 20.2. The Hall–Kier alpha value is -0.740. The van der Waals surface area contributed by atoms with Gasteiger partial charge in [-0.1, -0.05) is 0 Å². The van der Waals surface area contributed by atoms with Gasteiger partial charge in [-0.2, -0.15) is 0 Å². The van der Waals surface area contributed by atoms with Crippen molar-refractivity contribution in [3.8, 4) is 0 Å². The molecule has 1 aromatic heterocycles. The Kier molecular flexibility index (Phi) is 6.95. The van der Waals surface area contributed by atoms with E-state index in [0.29, 0.717) is 36.0 Å². The molecule has 3 rings (SSSR count). The fourth-order valence-corrected chi connectivity index (χ4v) is 6.40. The lowest BCUT2D eigenvalue weighted by Crippen LogP contribution is -2.48. The zero-order valence-electron chi connectivity index (χ0n) is 17.8. The molecular weight excluding hydrogens is 456 g/mol. The molecule has 2 fully saturated rings. The summed E-state index contributed by atoms with van der Waals surface area (Å²) in [5.74, 6) is 0.743. The zero-order chi connectivity index (χ0) is 21.4. The smallest absolute Gasteiger partial charge is 0.242 e. The minimum absolute atomic E-state index is 0.0468. The molecule has 9 heteroatoms. The van der Waals surface area contributed by atoms with Gasteiger partial charge in [-0.15, -0.1) is 0 Å². The van der Waals surface area contributed by atoms with Gasteiger partial charge in [0.2, 0.25) is 10.0 Å². The summed E-state index contributed by atoms with van der Waals surface area (Å²) in [6.07, 6.45) is 6.19. The van der Waals surface area contributed by atoms with E-state index >= 15 is 0 Å². The summed E-state index contributed by atoms with van der Waals surface area (Å²) < 4.78 is 29.8. The van der Waals surface area contributed by atoms with Crippen molar-refractivity contribution in [3.63, 3.8) is 0 Å². The molecule has 164 valence electrons. The maximum atomic E-state index is 13.1. The fraction of sp³-hybridized carbons (Fsp3) is 0.750. The van der Waals surface area contributed by atoms with Crippen molar-refractivity contribution < 1.29 is 13.5 Å². The summed E-state index contributed by atoms with van der Waals surface area (Å²) in [6.45, 7) is 5.47. The lowest BCUT2D eigenvalue weighted by Gasteiger charge is -2.42. The number of hydrogen-bond acceptors (Lipinski definition) is 6. The quantitative estimate of drug-likeness (QED) is 0.662. The van der Waals surface area contributed by atoms with Gasteiger partial charge in [0.15, 0.2) is 0 Å². The van der Waals surface area contributed by atoms with E-state index in [1.165, 1.54) is 6.20 Å². The van der Waals surface area contributed by atoms with Crippen LogP contribution in [-0.4, -0.2) is 68.3 Å². The third kappa shape index (κ3) is 4.95. The molecule has 0 unspecified atom stereocenters.